The first-order chi connectivity index (χ1) is 15.1. The molecule has 2 aliphatic rings. The van der Waals surface area contributed by atoms with Crippen molar-refractivity contribution >= 4 is 34.4 Å². The number of aromatic nitrogens is 3. The van der Waals surface area contributed by atoms with Crippen molar-refractivity contribution in [2.24, 2.45) is 0 Å². The summed E-state index contributed by atoms with van der Waals surface area (Å²) >= 11 is 0. The lowest BCUT2D eigenvalue weighted by Crippen LogP contribution is -2.42. The molecule has 8 nitrogen and oxygen atoms in total. The number of anilines is 3. The van der Waals surface area contributed by atoms with Crippen molar-refractivity contribution in [3.63, 3.8) is 0 Å². The van der Waals surface area contributed by atoms with Gasteiger partial charge in [0.15, 0.2) is 0 Å². The number of pyridine rings is 1. The van der Waals surface area contributed by atoms with Gasteiger partial charge in [0.25, 0.3) is 0 Å². The minimum atomic E-state index is -0.693. The van der Waals surface area contributed by atoms with Gasteiger partial charge in [-0.2, -0.15) is 0 Å². The second kappa shape index (κ2) is 8.10. The van der Waals surface area contributed by atoms with E-state index in [0.29, 0.717) is 43.5 Å². The summed E-state index contributed by atoms with van der Waals surface area (Å²) in [6.07, 6.45) is 3.68. The second-order valence-corrected chi connectivity index (χ2v) is 7.81. The van der Waals surface area contributed by atoms with Crippen molar-refractivity contribution in [1.82, 2.24) is 19.9 Å². The highest BCUT2D eigenvalue weighted by Crippen LogP contribution is 2.32. The summed E-state index contributed by atoms with van der Waals surface area (Å²) in [6, 6.07) is 5.41. The standard InChI is InChI=1S/C21H22F2N6O2/c22-12-1-3-16(15(23)7-12)27-21-28-17-10-24-19(26-13-2-4-20(30)25-9-13)8-18(17)29(21)14-5-6-31-11-14/h1,3,7-8,10,13-14H,2,4-6,9,11H2,(H,24,26)(H,25,30)(H,27,28)/t13-,14-/m0/s1. The van der Waals surface area contributed by atoms with Gasteiger partial charge in [-0.05, 0) is 25.0 Å². The number of carbonyl (C=O) groups is 1. The summed E-state index contributed by atoms with van der Waals surface area (Å²) in [7, 11) is 0. The smallest absolute Gasteiger partial charge is 0.220 e. The second-order valence-electron chi connectivity index (χ2n) is 7.81. The van der Waals surface area contributed by atoms with E-state index in [-0.39, 0.29) is 23.7 Å². The number of imidazole rings is 1. The first-order valence-electron chi connectivity index (χ1n) is 10.3. The van der Waals surface area contributed by atoms with Crippen molar-refractivity contribution in [1.29, 1.82) is 0 Å². The first-order valence-corrected chi connectivity index (χ1v) is 10.3. The molecule has 31 heavy (non-hydrogen) atoms. The molecule has 2 fully saturated rings. The largest absolute Gasteiger partial charge is 0.379 e. The molecule has 2 saturated heterocycles. The summed E-state index contributed by atoms with van der Waals surface area (Å²) in [6.45, 7) is 1.70. The number of piperidine rings is 1. The summed E-state index contributed by atoms with van der Waals surface area (Å²) in [4.78, 5) is 20.4. The lowest BCUT2D eigenvalue weighted by atomic mass is 10.1. The number of hydrogen-bond acceptors (Lipinski definition) is 6. The number of nitrogens with one attached hydrogen (secondary N) is 3. The predicted octanol–water partition coefficient (Wildman–Crippen LogP) is 3.11. The van der Waals surface area contributed by atoms with Crippen LogP contribution in [0.15, 0.2) is 30.5 Å². The Hall–Kier alpha value is -3.27. The highest BCUT2D eigenvalue weighted by atomic mass is 19.1. The van der Waals surface area contributed by atoms with E-state index in [4.69, 9.17) is 4.74 Å². The SMILES string of the molecule is O=C1CC[C@H](Nc2cc3c(cn2)nc(Nc2ccc(F)cc2F)n3[C@H]2CCOC2)CN1. The van der Waals surface area contributed by atoms with E-state index < -0.39 is 11.6 Å². The van der Waals surface area contributed by atoms with E-state index in [2.05, 4.69) is 25.9 Å². The van der Waals surface area contributed by atoms with E-state index >= 15 is 0 Å². The van der Waals surface area contributed by atoms with Crippen LogP contribution in [-0.2, 0) is 9.53 Å². The minimum absolute atomic E-state index is 0.0280. The molecule has 1 aromatic carbocycles. The van der Waals surface area contributed by atoms with Crippen LogP contribution in [-0.4, -0.2) is 46.2 Å². The van der Waals surface area contributed by atoms with Gasteiger partial charge in [0.1, 0.15) is 23.0 Å². The molecule has 0 aliphatic carbocycles. The van der Waals surface area contributed by atoms with Gasteiger partial charge >= 0.3 is 0 Å². The number of benzene rings is 1. The fraction of sp³-hybridized carbons (Fsp3) is 0.381. The van der Waals surface area contributed by atoms with Gasteiger partial charge < -0.3 is 25.3 Å². The molecule has 0 unspecified atom stereocenters. The van der Waals surface area contributed by atoms with Crippen molar-refractivity contribution in [3.05, 3.63) is 42.1 Å². The zero-order valence-electron chi connectivity index (χ0n) is 16.7. The number of ether oxygens (including phenoxy) is 1. The molecule has 0 bridgehead atoms. The van der Waals surface area contributed by atoms with Crippen LogP contribution in [0.1, 0.15) is 25.3 Å². The van der Waals surface area contributed by atoms with Crippen LogP contribution >= 0.6 is 0 Å². The third-order valence-corrected chi connectivity index (χ3v) is 5.64. The molecule has 162 valence electrons. The van der Waals surface area contributed by atoms with Crippen LogP contribution < -0.4 is 16.0 Å². The van der Waals surface area contributed by atoms with Gasteiger partial charge in [0.05, 0.1) is 30.0 Å². The van der Waals surface area contributed by atoms with Crippen molar-refractivity contribution < 1.29 is 18.3 Å². The molecular formula is C21H22F2N6O2. The van der Waals surface area contributed by atoms with E-state index in [1.54, 1.807) is 6.20 Å². The summed E-state index contributed by atoms with van der Waals surface area (Å²) in [5, 5.41) is 9.22. The number of fused-ring (bicyclic) bond motifs is 1. The average Bonchev–Trinajstić information content (AvgIpc) is 3.39. The molecular weight excluding hydrogens is 406 g/mol. The van der Waals surface area contributed by atoms with Crippen LogP contribution in [0, 0.1) is 11.6 Å². The maximum atomic E-state index is 14.2. The Bertz CT molecular complexity index is 1120. The molecule has 4 heterocycles. The Morgan fingerprint density at radius 3 is 2.87 bits per heavy atom. The molecule has 10 heteroatoms. The summed E-state index contributed by atoms with van der Waals surface area (Å²) in [5.41, 5.74) is 1.62. The Morgan fingerprint density at radius 2 is 2.13 bits per heavy atom. The van der Waals surface area contributed by atoms with E-state index in [1.807, 2.05) is 10.6 Å². The number of hydrogen-bond donors (Lipinski definition) is 3. The van der Waals surface area contributed by atoms with Gasteiger partial charge in [-0.15, -0.1) is 0 Å². The van der Waals surface area contributed by atoms with Gasteiger partial charge in [-0.25, -0.2) is 18.7 Å². The number of amides is 1. The van der Waals surface area contributed by atoms with Crippen LogP contribution in [0.5, 0.6) is 0 Å². The first kappa shape index (κ1) is 19.7. The van der Waals surface area contributed by atoms with Crippen LogP contribution in [0.3, 0.4) is 0 Å². The lowest BCUT2D eigenvalue weighted by Gasteiger charge is -2.24. The Labute approximate surface area is 177 Å². The lowest BCUT2D eigenvalue weighted by molar-refractivity contribution is -0.122. The van der Waals surface area contributed by atoms with E-state index in [9.17, 15) is 13.6 Å². The zero-order valence-corrected chi connectivity index (χ0v) is 16.7. The predicted molar refractivity (Wildman–Crippen MR) is 111 cm³/mol. The molecule has 1 amide bonds. The summed E-state index contributed by atoms with van der Waals surface area (Å²) < 4.78 is 35.1. The van der Waals surface area contributed by atoms with Crippen molar-refractivity contribution in [2.75, 3.05) is 30.4 Å². The molecule has 0 spiro atoms. The quantitative estimate of drug-likeness (QED) is 0.578. The number of rotatable bonds is 5. The van der Waals surface area contributed by atoms with Gasteiger partial charge in [-0.1, -0.05) is 0 Å². The Morgan fingerprint density at radius 1 is 1.23 bits per heavy atom. The highest BCUT2D eigenvalue weighted by Gasteiger charge is 2.25. The molecule has 3 N–H and O–H groups in total. The molecule has 5 rings (SSSR count). The molecule has 0 radical (unpaired) electrons. The fourth-order valence-corrected chi connectivity index (χ4v) is 4.04. The highest BCUT2D eigenvalue weighted by molar-refractivity contribution is 5.82. The molecule has 0 saturated carbocycles. The van der Waals surface area contributed by atoms with Crippen molar-refractivity contribution in [3.8, 4) is 0 Å². The third-order valence-electron chi connectivity index (χ3n) is 5.64. The third kappa shape index (κ3) is 4.02. The average molecular weight is 428 g/mol. The zero-order chi connectivity index (χ0) is 21.4. The monoisotopic (exact) mass is 428 g/mol. The normalized spacial score (nSPS) is 21.3. The fourth-order valence-electron chi connectivity index (χ4n) is 4.04. The van der Waals surface area contributed by atoms with Gasteiger partial charge in [0, 0.05) is 37.7 Å². The van der Waals surface area contributed by atoms with E-state index in [1.165, 1.54) is 12.1 Å². The van der Waals surface area contributed by atoms with Gasteiger partial charge in [-0.3, -0.25) is 4.79 Å². The number of nitrogens with zero attached hydrogens (tertiary/aromatic N) is 3. The van der Waals surface area contributed by atoms with Crippen LogP contribution in [0.25, 0.3) is 11.0 Å². The Balaban J connectivity index is 1.49. The molecule has 2 aromatic heterocycles. The van der Waals surface area contributed by atoms with Crippen LogP contribution in [0.4, 0.5) is 26.2 Å². The molecule has 3 aromatic rings. The van der Waals surface area contributed by atoms with Crippen molar-refractivity contribution in [2.45, 2.75) is 31.3 Å². The van der Waals surface area contributed by atoms with Gasteiger partial charge in [0.2, 0.25) is 11.9 Å². The maximum absolute atomic E-state index is 14.2. The summed E-state index contributed by atoms with van der Waals surface area (Å²) in [5.74, 6) is -0.154. The molecule has 2 aliphatic heterocycles. The maximum Gasteiger partial charge on any atom is 0.220 e. The topological polar surface area (TPSA) is 93.1 Å². The van der Waals surface area contributed by atoms with E-state index in [0.717, 1.165) is 24.4 Å². The number of carbonyl (C=O) groups excluding carboxylic acids is 1. The van der Waals surface area contributed by atoms with Crippen LogP contribution in [0.2, 0.25) is 0 Å². The Kier molecular flexibility index (Phi) is 5.14. The number of halogens is 2. The molecule has 2 atom stereocenters. The minimum Gasteiger partial charge on any atom is -0.379 e.